The SMILES string of the molecule is COc1cc([C@@H]2COCCN2)cc(OC)c1O. The molecule has 17 heavy (non-hydrogen) atoms. The molecule has 0 amide bonds. The Hall–Kier alpha value is -1.46. The van der Waals surface area contributed by atoms with Gasteiger partial charge in [0.1, 0.15) is 0 Å². The van der Waals surface area contributed by atoms with Gasteiger partial charge in [-0.3, -0.25) is 0 Å². The highest BCUT2D eigenvalue weighted by Crippen LogP contribution is 2.38. The van der Waals surface area contributed by atoms with Crippen LogP contribution in [0.15, 0.2) is 12.1 Å². The Morgan fingerprint density at radius 3 is 2.41 bits per heavy atom. The van der Waals surface area contributed by atoms with Gasteiger partial charge in [-0.1, -0.05) is 0 Å². The summed E-state index contributed by atoms with van der Waals surface area (Å²) in [5.41, 5.74) is 0.983. The van der Waals surface area contributed by atoms with Gasteiger partial charge in [0.15, 0.2) is 11.5 Å². The van der Waals surface area contributed by atoms with E-state index in [1.54, 1.807) is 12.1 Å². The Bertz CT molecular complexity index is 363. The predicted molar refractivity (Wildman–Crippen MR) is 62.8 cm³/mol. The average Bonchev–Trinajstić information content (AvgIpc) is 2.40. The maximum Gasteiger partial charge on any atom is 0.200 e. The van der Waals surface area contributed by atoms with Gasteiger partial charge in [-0.05, 0) is 17.7 Å². The van der Waals surface area contributed by atoms with E-state index in [2.05, 4.69) is 5.32 Å². The van der Waals surface area contributed by atoms with Crippen LogP contribution in [0.1, 0.15) is 11.6 Å². The number of methoxy groups -OCH3 is 2. The minimum Gasteiger partial charge on any atom is -0.502 e. The van der Waals surface area contributed by atoms with E-state index in [-0.39, 0.29) is 11.8 Å². The topological polar surface area (TPSA) is 60.0 Å². The standard InChI is InChI=1S/C12H17NO4/c1-15-10-5-8(6-11(16-2)12(10)14)9-7-17-4-3-13-9/h5-6,9,13-14H,3-4,7H2,1-2H3/t9-/m0/s1. The average molecular weight is 239 g/mol. The zero-order valence-corrected chi connectivity index (χ0v) is 10.0. The molecule has 1 aromatic rings. The molecule has 5 heteroatoms. The molecular weight excluding hydrogens is 222 g/mol. The van der Waals surface area contributed by atoms with Crippen LogP contribution in [-0.2, 0) is 4.74 Å². The van der Waals surface area contributed by atoms with Crippen LogP contribution in [0.4, 0.5) is 0 Å². The van der Waals surface area contributed by atoms with Crippen LogP contribution in [0.3, 0.4) is 0 Å². The van der Waals surface area contributed by atoms with Crippen molar-refractivity contribution >= 4 is 0 Å². The largest absolute Gasteiger partial charge is 0.502 e. The summed E-state index contributed by atoms with van der Waals surface area (Å²) in [5.74, 6) is 0.842. The number of hydrogen-bond donors (Lipinski definition) is 2. The normalized spacial score (nSPS) is 20.0. The molecule has 2 N–H and O–H groups in total. The number of nitrogens with one attached hydrogen (secondary N) is 1. The molecule has 0 aromatic heterocycles. The minimum atomic E-state index is 0.0236. The first-order valence-corrected chi connectivity index (χ1v) is 5.52. The number of rotatable bonds is 3. The second kappa shape index (κ2) is 5.25. The van der Waals surface area contributed by atoms with Crippen LogP contribution in [0.2, 0.25) is 0 Å². The molecule has 0 bridgehead atoms. The smallest absolute Gasteiger partial charge is 0.200 e. The summed E-state index contributed by atoms with van der Waals surface area (Å²) in [6, 6.07) is 3.70. The number of morpholine rings is 1. The van der Waals surface area contributed by atoms with Gasteiger partial charge in [0.05, 0.1) is 33.5 Å². The minimum absolute atomic E-state index is 0.0236. The third-order valence-corrected chi connectivity index (χ3v) is 2.83. The maximum atomic E-state index is 9.81. The first-order valence-electron chi connectivity index (χ1n) is 5.52. The predicted octanol–water partition coefficient (Wildman–Crippen LogP) is 1.07. The van der Waals surface area contributed by atoms with E-state index in [0.29, 0.717) is 18.1 Å². The number of hydrogen-bond acceptors (Lipinski definition) is 5. The van der Waals surface area contributed by atoms with E-state index in [4.69, 9.17) is 14.2 Å². The highest BCUT2D eigenvalue weighted by Gasteiger charge is 2.19. The zero-order valence-electron chi connectivity index (χ0n) is 10.0. The van der Waals surface area contributed by atoms with Crippen LogP contribution >= 0.6 is 0 Å². The van der Waals surface area contributed by atoms with Crippen molar-refractivity contribution < 1.29 is 19.3 Å². The highest BCUT2D eigenvalue weighted by atomic mass is 16.5. The van der Waals surface area contributed by atoms with Gasteiger partial charge in [-0.15, -0.1) is 0 Å². The molecule has 1 aliphatic heterocycles. The lowest BCUT2D eigenvalue weighted by Crippen LogP contribution is -2.34. The summed E-state index contributed by atoms with van der Waals surface area (Å²) >= 11 is 0. The van der Waals surface area contributed by atoms with E-state index in [1.165, 1.54) is 14.2 Å². The van der Waals surface area contributed by atoms with Gasteiger partial charge in [0.2, 0.25) is 5.75 Å². The molecule has 5 nitrogen and oxygen atoms in total. The Kier molecular flexibility index (Phi) is 3.71. The van der Waals surface area contributed by atoms with Crippen LogP contribution in [0.5, 0.6) is 17.2 Å². The molecule has 0 unspecified atom stereocenters. The molecule has 0 aliphatic carbocycles. The number of aromatic hydroxyl groups is 1. The highest BCUT2D eigenvalue weighted by molar-refractivity contribution is 5.53. The second-order valence-electron chi connectivity index (χ2n) is 3.86. The maximum absolute atomic E-state index is 9.81. The van der Waals surface area contributed by atoms with Crippen molar-refractivity contribution in [2.75, 3.05) is 34.0 Å². The number of ether oxygens (including phenoxy) is 3. The van der Waals surface area contributed by atoms with Gasteiger partial charge in [0, 0.05) is 6.54 Å². The monoisotopic (exact) mass is 239 g/mol. The molecule has 0 saturated carbocycles. The summed E-state index contributed by atoms with van der Waals surface area (Å²) in [6.07, 6.45) is 0. The van der Waals surface area contributed by atoms with Gasteiger partial charge in [-0.25, -0.2) is 0 Å². The fraction of sp³-hybridized carbons (Fsp3) is 0.500. The first kappa shape index (κ1) is 12.0. The van der Waals surface area contributed by atoms with Crippen molar-refractivity contribution in [3.63, 3.8) is 0 Å². The lowest BCUT2D eigenvalue weighted by molar-refractivity contribution is 0.0767. The molecule has 2 rings (SSSR count). The van der Waals surface area contributed by atoms with Crippen LogP contribution in [-0.4, -0.2) is 39.1 Å². The molecule has 1 aliphatic rings. The van der Waals surface area contributed by atoms with Gasteiger partial charge >= 0.3 is 0 Å². The van der Waals surface area contributed by atoms with Crippen molar-refractivity contribution in [2.45, 2.75) is 6.04 Å². The molecule has 0 spiro atoms. The lowest BCUT2D eigenvalue weighted by Gasteiger charge is -2.25. The van der Waals surface area contributed by atoms with Gasteiger partial charge < -0.3 is 24.6 Å². The third-order valence-electron chi connectivity index (χ3n) is 2.83. The molecule has 0 radical (unpaired) electrons. The van der Waals surface area contributed by atoms with Gasteiger partial charge in [-0.2, -0.15) is 0 Å². The molecule has 1 saturated heterocycles. The Labute approximate surface area is 100 Å². The van der Waals surface area contributed by atoms with E-state index in [1.807, 2.05) is 0 Å². The summed E-state index contributed by atoms with van der Waals surface area (Å²) in [5, 5.41) is 13.1. The summed E-state index contributed by atoms with van der Waals surface area (Å²) in [6.45, 7) is 2.15. The van der Waals surface area contributed by atoms with Crippen LogP contribution < -0.4 is 14.8 Å². The summed E-state index contributed by atoms with van der Waals surface area (Å²) < 4.78 is 15.6. The fourth-order valence-corrected chi connectivity index (χ4v) is 1.89. The zero-order chi connectivity index (χ0) is 12.3. The van der Waals surface area contributed by atoms with Crippen molar-refractivity contribution in [3.05, 3.63) is 17.7 Å². The summed E-state index contributed by atoms with van der Waals surface area (Å²) in [4.78, 5) is 0. The van der Waals surface area contributed by atoms with E-state index in [0.717, 1.165) is 18.7 Å². The van der Waals surface area contributed by atoms with E-state index in [9.17, 15) is 5.11 Å². The Morgan fingerprint density at radius 2 is 1.94 bits per heavy atom. The summed E-state index contributed by atoms with van der Waals surface area (Å²) in [7, 11) is 3.03. The molecular formula is C12H17NO4. The van der Waals surface area contributed by atoms with Crippen LogP contribution in [0.25, 0.3) is 0 Å². The van der Waals surface area contributed by atoms with Crippen molar-refractivity contribution in [1.82, 2.24) is 5.32 Å². The number of phenolic OH excluding ortho intramolecular Hbond substituents is 1. The lowest BCUT2D eigenvalue weighted by atomic mass is 10.1. The Morgan fingerprint density at radius 1 is 1.29 bits per heavy atom. The fourth-order valence-electron chi connectivity index (χ4n) is 1.89. The third kappa shape index (κ3) is 2.45. The molecule has 1 aromatic carbocycles. The van der Waals surface area contributed by atoms with Crippen LogP contribution in [0, 0.1) is 0 Å². The molecule has 1 atom stereocenters. The number of benzene rings is 1. The second-order valence-corrected chi connectivity index (χ2v) is 3.86. The van der Waals surface area contributed by atoms with Crippen molar-refractivity contribution in [3.8, 4) is 17.2 Å². The van der Waals surface area contributed by atoms with E-state index < -0.39 is 0 Å². The molecule has 1 heterocycles. The Balaban J connectivity index is 2.33. The first-order chi connectivity index (χ1) is 8.26. The van der Waals surface area contributed by atoms with Gasteiger partial charge in [0.25, 0.3) is 0 Å². The quantitative estimate of drug-likeness (QED) is 0.826. The number of phenols is 1. The molecule has 94 valence electrons. The van der Waals surface area contributed by atoms with Crippen molar-refractivity contribution in [1.29, 1.82) is 0 Å². The van der Waals surface area contributed by atoms with E-state index >= 15 is 0 Å². The van der Waals surface area contributed by atoms with Crippen molar-refractivity contribution in [2.24, 2.45) is 0 Å². The molecule has 1 fully saturated rings.